The number of carbonyl (C=O) groups is 3. The molecule has 2 amide bonds. The van der Waals surface area contributed by atoms with Crippen LogP contribution in [0.4, 0.5) is 11.5 Å². The summed E-state index contributed by atoms with van der Waals surface area (Å²) in [5.41, 5.74) is -0.632. The molecule has 3 rings (SSSR count). The molecule has 0 fully saturated rings. The summed E-state index contributed by atoms with van der Waals surface area (Å²) in [5.74, 6) is -1.68. The van der Waals surface area contributed by atoms with E-state index in [2.05, 4.69) is 15.8 Å². The highest BCUT2D eigenvalue weighted by molar-refractivity contribution is 8.00. The van der Waals surface area contributed by atoms with Crippen molar-refractivity contribution in [2.75, 3.05) is 10.6 Å². The van der Waals surface area contributed by atoms with Gasteiger partial charge in [0.25, 0.3) is 5.91 Å². The van der Waals surface area contributed by atoms with Gasteiger partial charge in [0.05, 0.1) is 36.5 Å². The van der Waals surface area contributed by atoms with Crippen molar-refractivity contribution >= 4 is 87.5 Å². The number of carboxylic acid groups (broad SMARTS) is 1. The number of hydrogen-bond donors (Lipinski definition) is 3. The molecule has 0 aliphatic heterocycles. The number of benzene rings is 2. The predicted molar refractivity (Wildman–Crippen MR) is 133 cm³/mol. The molecule has 0 bridgehead atoms. The molecule has 34 heavy (non-hydrogen) atoms. The molecule has 3 aromatic rings. The first kappa shape index (κ1) is 26.2. The van der Waals surface area contributed by atoms with Crippen LogP contribution in [0.3, 0.4) is 0 Å². The molecule has 1 aromatic heterocycles. The molecule has 0 saturated heterocycles. The van der Waals surface area contributed by atoms with E-state index in [-0.39, 0.29) is 21.0 Å². The van der Waals surface area contributed by atoms with Gasteiger partial charge in [-0.15, -0.1) is 11.8 Å². The van der Waals surface area contributed by atoms with Crippen LogP contribution in [0.5, 0.6) is 0 Å². The van der Waals surface area contributed by atoms with E-state index in [0.717, 1.165) is 4.90 Å². The Bertz CT molecular complexity index is 1280. The summed E-state index contributed by atoms with van der Waals surface area (Å²) >= 11 is 25.3. The van der Waals surface area contributed by atoms with Gasteiger partial charge in [-0.05, 0) is 38.1 Å². The normalized spacial score (nSPS) is 11.7. The van der Waals surface area contributed by atoms with Crippen molar-refractivity contribution in [2.45, 2.75) is 24.0 Å². The second-order valence-electron chi connectivity index (χ2n) is 6.86. The van der Waals surface area contributed by atoms with Crippen LogP contribution in [0.2, 0.25) is 20.1 Å². The van der Waals surface area contributed by atoms with Gasteiger partial charge in [-0.25, -0.2) is 4.79 Å². The third-order valence-corrected chi connectivity index (χ3v) is 7.30. The van der Waals surface area contributed by atoms with Gasteiger partial charge in [0.15, 0.2) is 5.82 Å². The Morgan fingerprint density at radius 2 is 1.56 bits per heavy atom. The highest BCUT2D eigenvalue weighted by Gasteiger charge is 2.29. The second kappa shape index (κ2) is 10.9. The fourth-order valence-corrected chi connectivity index (χ4v) is 4.65. The summed E-state index contributed by atoms with van der Waals surface area (Å²) in [7, 11) is 0. The van der Waals surface area contributed by atoms with E-state index < -0.39 is 33.3 Å². The number of carboxylic acids is 1. The largest absolute Gasteiger partial charge is 0.478 e. The lowest BCUT2D eigenvalue weighted by Gasteiger charge is -2.14. The van der Waals surface area contributed by atoms with Crippen LogP contribution in [0, 0.1) is 6.92 Å². The van der Waals surface area contributed by atoms with Crippen molar-refractivity contribution in [1.29, 1.82) is 0 Å². The fraction of sp³-hybridized carbons (Fsp3) is 0.143. The van der Waals surface area contributed by atoms with Crippen molar-refractivity contribution in [2.24, 2.45) is 0 Å². The van der Waals surface area contributed by atoms with Gasteiger partial charge in [-0.2, -0.15) is 0 Å². The highest BCUT2D eigenvalue weighted by Crippen LogP contribution is 2.41. The Morgan fingerprint density at radius 1 is 0.971 bits per heavy atom. The maximum atomic E-state index is 12.8. The molecule has 1 unspecified atom stereocenters. The fourth-order valence-electron chi connectivity index (χ4n) is 2.77. The van der Waals surface area contributed by atoms with Gasteiger partial charge in [0.1, 0.15) is 5.76 Å². The zero-order valence-electron chi connectivity index (χ0n) is 17.4. The number of rotatable bonds is 7. The molecular weight excluding hydrogens is 548 g/mol. The van der Waals surface area contributed by atoms with Crippen molar-refractivity contribution in [3.05, 3.63) is 67.3 Å². The molecular formula is C21H15Cl4N3O5S. The van der Waals surface area contributed by atoms with Gasteiger partial charge >= 0.3 is 5.97 Å². The van der Waals surface area contributed by atoms with Crippen molar-refractivity contribution in [1.82, 2.24) is 5.16 Å². The number of thioether (sulfide) groups is 1. The Hall–Kier alpha value is -2.43. The molecule has 0 spiro atoms. The molecule has 8 nitrogen and oxygen atoms in total. The standard InChI is InChI=1S/C21H15Cl4N3O5S/c1-8-7-12(28-33-8)27-19(29)9(2)34-11-5-3-10(4-6-11)26-20(30)13-14(21(31)32)16(23)18(25)17(24)15(13)22/h3-7,9H,1-2H3,(H,26,30)(H,31,32)(H,27,28,29). The Labute approximate surface area is 217 Å². The Kier molecular flexibility index (Phi) is 8.38. The number of aryl methyl sites for hydroxylation is 1. The zero-order chi connectivity index (χ0) is 25.2. The van der Waals surface area contributed by atoms with Gasteiger partial charge in [-0.1, -0.05) is 51.6 Å². The molecule has 0 radical (unpaired) electrons. The molecule has 1 heterocycles. The van der Waals surface area contributed by atoms with Crippen LogP contribution in [0.1, 0.15) is 33.4 Å². The zero-order valence-corrected chi connectivity index (χ0v) is 21.3. The maximum absolute atomic E-state index is 12.8. The average molecular weight is 563 g/mol. The number of aromatic nitrogens is 1. The molecule has 13 heteroatoms. The number of amides is 2. The second-order valence-corrected chi connectivity index (χ2v) is 9.79. The quantitative estimate of drug-likeness (QED) is 0.167. The summed E-state index contributed by atoms with van der Waals surface area (Å²) in [6.07, 6.45) is 0. The smallest absolute Gasteiger partial charge is 0.338 e. The first-order valence-corrected chi connectivity index (χ1v) is 11.8. The third-order valence-electron chi connectivity index (χ3n) is 4.38. The number of nitrogens with zero attached hydrogens (tertiary/aromatic N) is 1. The van der Waals surface area contributed by atoms with Gasteiger partial charge in [-0.3, -0.25) is 9.59 Å². The number of aromatic carboxylic acids is 1. The number of nitrogens with one attached hydrogen (secondary N) is 2. The Balaban J connectivity index is 1.72. The van der Waals surface area contributed by atoms with Crippen LogP contribution in [0.15, 0.2) is 39.8 Å². The molecule has 3 N–H and O–H groups in total. The van der Waals surface area contributed by atoms with E-state index in [1.807, 2.05) is 0 Å². The topological polar surface area (TPSA) is 122 Å². The van der Waals surface area contributed by atoms with E-state index in [1.165, 1.54) is 11.8 Å². The number of hydrogen-bond acceptors (Lipinski definition) is 6. The molecule has 0 aliphatic carbocycles. The van der Waals surface area contributed by atoms with Gasteiger partial charge in [0.2, 0.25) is 5.91 Å². The van der Waals surface area contributed by atoms with Crippen LogP contribution in [0.25, 0.3) is 0 Å². The number of halogens is 4. The summed E-state index contributed by atoms with van der Waals surface area (Å²) < 4.78 is 4.92. The predicted octanol–water partition coefficient (Wildman–Crippen LogP) is 6.67. The van der Waals surface area contributed by atoms with E-state index in [1.54, 1.807) is 44.2 Å². The SMILES string of the molecule is Cc1cc(NC(=O)C(C)Sc2ccc(NC(=O)c3c(Cl)c(Cl)c(Cl)c(Cl)c3C(=O)O)cc2)no1. The number of carbonyl (C=O) groups excluding carboxylic acids is 2. The van der Waals surface area contributed by atoms with Crippen molar-refractivity contribution < 1.29 is 24.0 Å². The summed E-state index contributed by atoms with van der Waals surface area (Å²) in [6.45, 7) is 3.44. The molecule has 1 atom stereocenters. The average Bonchev–Trinajstić information content (AvgIpc) is 3.19. The Morgan fingerprint density at radius 3 is 2.09 bits per heavy atom. The highest BCUT2D eigenvalue weighted by atomic mass is 35.5. The van der Waals surface area contributed by atoms with Gasteiger partial charge < -0.3 is 20.3 Å². The van der Waals surface area contributed by atoms with Crippen LogP contribution < -0.4 is 10.6 Å². The summed E-state index contributed by atoms with van der Waals surface area (Å²) in [5, 5.41) is 16.7. The first-order valence-electron chi connectivity index (χ1n) is 9.41. The lowest BCUT2D eigenvalue weighted by Crippen LogP contribution is -2.22. The third kappa shape index (κ3) is 5.79. The van der Waals surface area contributed by atoms with Crippen LogP contribution >= 0.6 is 58.2 Å². The molecule has 2 aromatic carbocycles. The minimum absolute atomic E-state index is 0.233. The van der Waals surface area contributed by atoms with E-state index in [0.29, 0.717) is 17.3 Å². The van der Waals surface area contributed by atoms with Crippen LogP contribution in [-0.2, 0) is 4.79 Å². The minimum atomic E-state index is -1.49. The van der Waals surface area contributed by atoms with Crippen molar-refractivity contribution in [3.63, 3.8) is 0 Å². The monoisotopic (exact) mass is 561 g/mol. The summed E-state index contributed by atoms with van der Waals surface area (Å²) in [4.78, 5) is 37.6. The van der Waals surface area contributed by atoms with E-state index >= 15 is 0 Å². The molecule has 0 saturated carbocycles. The minimum Gasteiger partial charge on any atom is -0.478 e. The van der Waals surface area contributed by atoms with Crippen LogP contribution in [-0.4, -0.2) is 33.3 Å². The maximum Gasteiger partial charge on any atom is 0.338 e. The number of anilines is 2. The first-order chi connectivity index (χ1) is 16.0. The van der Waals surface area contributed by atoms with E-state index in [4.69, 9.17) is 50.9 Å². The lowest BCUT2D eigenvalue weighted by molar-refractivity contribution is -0.115. The lowest BCUT2D eigenvalue weighted by atomic mass is 10.1. The molecule has 178 valence electrons. The van der Waals surface area contributed by atoms with Crippen molar-refractivity contribution in [3.8, 4) is 0 Å². The summed E-state index contributed by atoms with van der Waals surface area (Å²) in [6, 6.07) is 8.15. The van der Waals surface area contributed by atoms with Gasteiger partial charge in [0, 0.05) is 16.6 Å². The van der Waals surface area contributed by atoms with E-state index in [9.17, 15) is 19.5 Å². The molecule has 0 aliphatic rings.